The molecule has 1 aromatic carbocycles. The number of aromatic nitrogens is 1. The summed E-state index contributed by atoms with van der Waals surface area (Å²) in [4.78, 5) is 24.5. The number of halogens is 6. The van der Waals surface area contributed by atoms with Crippen molar-refractivity contribution in [1.82, 2.24) is 14.2 Å². The molecule has 0 radical (unpaired) electrons. The first-order valence-electron chi connectivity index (χ1n) is 12.4. The third-order valence-electron chi connectivity index (χ3n) is 6.12. The van der Waals surface area contributed by atoms with Crippen molar-refractivity contribution >= 4 is 22.0 Å². The maximum atomic E-state index is 13.3. The van der Waals surface area contributed by atoms with E-state index in [0.717, 1.165) is 18.5 Å². The Morgan fingerprint density at radius 1 is 1.00 bits per heavy atom. The maximum absolute atomic E-state index is 13.3. The van der Waals surface area contributed by atoms with Crippen molar-refractivity contribution < 1.29 is 68.8 Å². The van der Waals surface area contributed by atoms with Crippen LogP contribution in [0.25, 0.3) is 0 Å². The Morgan fingerprint density at radius 2 is 1.59 bits per heavy atom. The van der Waals surface area contributed by atoms with E-state index in [9.17, 15) is 34.8 Å². The Balaban J connectivity index is 0.000000402. The number of alkyl halides is 6. The van der Waals surface area contributed by atoms with Gasteiger partial charge in [0.05, 0.1) is 20.3 Å². The summed E-state index contributed by atoms with van der Waals surface area (Å²) in [7, 11) is -0.477. The molecule has 19 heteroatoms. The highest BCUT2D eigenvalue weighted by atomic mass is 32.2. The molecule has 1 aromatic heterocycles. The highest BCUT2D eigenvalue weighted by Gasteiger charge is 2.47. The van der Waals surface area contributed by atoms with Crippen LogP contribution >= 0.6 is 0 Å². The molecule has 1 unspecified atom stereocenters. The summed E-state index contributed by atoms with van der Waals surface area (Å²) in [5, 5.41) is 14.2. The quantitative estimate of drug-likeness (QED) is 0.439. The number of likely N-dealkylation sites (tertiary alicyclic amines) is 1. The van der Waals surface area contributed by atoms with Crippen LogP contribution in [0.15, 0.2) is 47.5 Å². The first kappa shape index (κ1) is 36.5. The molecule has 2 aliphatic heterocycles. The van der Waals surface area contributed by atoms with Crippen molar-refractivity contribution in [1.29, 1.82) is 0 Å². The number of carboxylic acid groups (broad SMARTS) is 2. The van der Waals surface area contributed by atoms with Crippen LogP contribution in [0, 0.1) is 0 Å². The number of hydrogen-bond acceptors (Lipinski definition) is 9. The fourth-order valence-electron chi connectivity index (χ4n) is 4.19. The zero-order chi connectivity index (χ0) is 33.3. The van der Waals surface area contributed by atoms with E-state index in [1.54, 1.807) is 44.7 Å². The first-order valence-corrected chi connectivity index (χ1v) is 13.9. The Bertz CT molecular complexity index is 1370. The molecule has 2 aromatic rings. The van der Waals surface area contributed by atoms with Crippen molar-refractivity contribution in [2.45, 2.75) is 35.8 Å². The molecule has 2 N–H and O–H groups in total. The van der Waals surface area contributed by atoms with Crippen molar-refractivity contribution in [3.05, 3.63) is 48.2 Å². The van der Waals surface area contributed by atoms with Crippen LogP contribution in [-0.2, 0) is 30.9 Å². The molecule has 3 heterocycles. The molecule has 0 amide bonds. The van der Waals surface area contributed by atoms with Gasteiger partial charge in [0.15, 0.2) is 0 Å². The van der Waals surface area contributed by atoms with Gasteiger partial charge in [0.25, 0.3) is 0 Å². The van der Waals surface area contributed by atoms with E-state index in [0.29, 0.717) is 31.3 Å². The van der Waals surface area contributed by atoms with Gasteiger partial charge in [-0.2, -0.15) is 30.6 Å². The van der Waals surface area contributed by atoms with Crippen LogP contribution in [0.5, 0.6) is 11.6 Å². The zero-order valence-corrected chi connectivity index (χ0v) is 24.1. The lowest BCUT2D eigenvalue weighted by Gasteiger charge is -2.32. The van der Waals surface area contributed by atoms with Gasteiger partial charge in [0.2, 0.25) is 15.9 Å². The van der Waals surface area contributed by atoms with E-state index in [4.69, 9.17) is 34.0 Å². The number of nitrogens with zero attached hydrogens (tertiary/aromatic N) is 3. The summed E-state index contributed by atoms with van der Waals surface area (Å²) in [6, 6.07) is 10.8. The van der Waals surface area contributed by atoms with E-state index in [2.05, 4.69) is 9.88 Å². The molecule has 0 aliphatic carbocycles. The van der Waals surface area contributed by atoms with Gasteiger partial charge in [-0.15, -0.1) is 0 Å². The lowest BCUT2D eigenvalue weighted by Crippen LogP contribution is -2.49. The van der Waals surface area contributed by atoms with E-state index < -0.39 is 39.9 Å². The van der Waals surface area contributed by atoms with Crippen LogP contribution in [-0.4, -0.2) is 110 Å². The number of carbonyl (C=O) groups is 2. The number of fused-ring (bicyclic) bond motifs is 1. The molecule has 246 valence electrons. The van der Waals surface area contributed by atoms with Gasteiger partial charge < -0.3 is 24.4 Å². The summed E-state index contributed by atoms with van der Waals surface area (Å²) in [6.07, 6.45) is -7.74. The fraction of sp³-hybridized carbons (Fsp3) is 0.480. The summed E-state index contributed by atoms with van der Waals surface area (Å²) in [6.45, 7) is 2.96. The number of aliphatic carboxylic acids is 2. The van der Waals surface area contributed by atoms with E-state index in [1.165, 1.54) is 4.31 Å². The van der Waals surface area contributed by atoms with Crippen molar-refractivity contribution in [2.24, 2.45) is 0 Å². The van der Waals surface area contributed by atoms with E-state index >= 15 is 0 Å². The standard InChI is InChI=1S/C21H27N3O5S.2C2HF3O2/c1-27-13-12-24-16-21(29-18-7-3-4-8-19(18)30(24,25)26)9-11-23(15-21)14-17-6-5-10-22-20(17)28-2;2*3-2(4,5)1(6)7/h3-8,10H,9,11-16H2,1-2H3;2*(H,6,7). The van der Waals surface area contributed by atoms with Crippen LogP contribution < -0.4 is 9.47 Å². The Hall–Kier alpha value is -3.68. The van der Waals surface area contributed by atoms with Gasteiger partial charge >= 0.3 is 24.3 Å². The average Bonchev–Trinajstić information content (AvgIpc) is 3.29. The van der Waals surface area contributed by atoms with Gasteiger partial charge in [0, 0.05) is 51.5 Å². The molecule has 4 rings (SSSR count). The topological polar surface area (TPSA) is 156 Å². The largest absolute Gasteiger partial charge is 0.490 e. The van der Waals surface area contributed by atoms with Crippen LogP contribution in [0.3, 0.4) is 0 Å². The Morgan fingerprint density at radius 3 is 2.14 bits per heavy atom. The third-order valence-corrected chi connectivity index (χ3v) is 8.01. The molecule has 1 saturated heterocycles. The van der Waals surface area contributed by atoms with E-state index in [1.807, 2.05) is 12.1 Å². The number of ether oxygens (including phenoxy) is 3. The predicted molar refractivity (Wildman–Crippen MR) is 139 cm³/mol. The lowest BCUT2D eigenvalue weighted by molar-refractivity contribution is -0.193. The fourth-order valence-corrected chi connectivity index (χ4v) is 5.81. The molecule has 1 spiro atoms. The molecule has 1 atom stereocenters. The zero-order valence-electron chi connectivity index (χ0n) is 23.3. The second kappa shape index (κ2) is 14.9. The predicted octanol–water partition coefficient (Wildman–Crippen LogP) is 3.03. The minimum absolute atomic E-state index is 0.213. The SMILES string of the molecule is COCCN1CC2(CCN(Cc3cccnc3OC)C2)Oc2ccccc2S1(=O)=O.O=C(O)C(F)(F)F.O=C(O)C(F)(F)F. The number of carboxylic acids is 2. The minimum atomic E-state index is -5.08. The monoisotopic (exact) mass is 661 g/mol. The maximum Gasteiger partial charge on any atom is 0.490 e. The second-order valence-corrected chi connectivity index (χ2v) is 11.2. The molecular formula is C25H29F6N3O9S. The summed E-state index contributed by atoms with van der Waals surface area (Å²) >= 11 is 0. The summed E-state index contributed by atoms with van der Waals surface area (Å²) in [5.41, 5.74) is 0.373. The second-order valence-electron chi connectivity index (χ2n) is 9.30. The molecule has 0 saturated carbocycles. The molecule has 1 fully saturated rings. The van der Waals surface area contributed by atoms with Gasteiger partial charge in [-0.05, 0) is 18.2 Å². The van der Waals surface area contributed by atoms with Crippen LogP contribution in [0.2, 0.25) is 0 Å². The molecule has 2 aliphatic rings. The number of rotatable bonds is 6. The van der Waals surface area contributed by atoms with Crippen molar-refractivity contribution in [3.8, 4) is 11.6 Å². The van der Waals surface area contributed by atoms with Crippen molar-refractivity contribution in [2.75, 3.05) is 47.0 Å². The average molecular weight is 662 g/mol. The van der Waals surface area contributed by atoms with Crippen LogP contribution in [0.1, 0.15) is 12.0 Å². The minimum Gasteiger partial charge on any atom is -0.483 e. The van der Waals surface area contributed by atoms with Gasteiger partial charge in [-0.25, -0.2) is 23.0 Å². The molecule has 0 bridgehead atoms. The van der Waals surface area contributed by atoms with E-state index in [-0.39, 0.29) is 18.0 Å². The summed E-state index contributed by atoms with van der Waals surface area (Å²) in [5.74, 6) is -4.49. The third kappa shape index (κ3) is 9.93. The Kier molecular flexibility index (Phi) is 12.3. The highest BCUT2D eigenvalue weighted by molar-refractivity contribution is 7.89. The smallest absolute Gasteiger partial charge is 0.483 e. The highest BCUT2D eigenvalue weighted by Crippen LogP contribution is 2.38. The van der Waals surface area contributed by atoms with Gasteiger partial charge in [0.1, 0.15) is 16.2 Å². The first-order chi connectivity index (χ1) is 20.4. The molecule has 12 nitrogen and oxygen atoms in total. The number of hydrogen-bond donors (Lipinski definition) is 2. The number of pyridine rings is 1. The van der Waals surface area contributed by atoms with Crippen LogP contribution in [0.4, 0.5) is 26.3 Å². The number of sulfonamides is 1. The Labute approximate surface area is 247 Å². The molecule has 44 heavy (non-hydrogen) atoms. The summed E-state index contributed by atoms with van der Waals surface area (Å²) < 4.78 is 108. The van der Waals surface area contributed by atoms with Gasteiger partial charge in [-0.1, -0.05) is 18.2 Å². The molecular weight excluding hydrogens is 632 g/mol. The normalized spacial score (nSPS) is 19.7. The van der Waals surface area contributed by atoms with Gasteiger partial charge in [-0.3, -0.25) is 4.90 Å². The lowest BCUT2D eigenvalue weighted by atomic mass is 10.0. The number of methoxy groups -OCH3 is 2. The number of benzene rings is 1. The number of para-hydroxylation sites is 1. The van der Waals surface area contributed by atoms with Crippen molar-refractivity contribution in [3.63, 3.8) is 0 Å².